The fourth-order valence-electron chi connectivity index (χ4n) is 0.830. The van der Waals surface area contributed by atoms with E-state index in [-0.39, 0.29) is 6.10 Å². The van der Waals surface area contributed by atoms with Crippen molar-refractivity contribution < 1.29 is 13.6 Å². The quantitative estimate of drug-likeness (QED) is 0.678. The molecule has 0 spiro atoms. The molecule has 0 saturated heterocycles. The molecule has 14 heavy (non-hydrogen) atoms. The van der Waals surface area contributed by atoms with Crippen LogP contribution >= 0.6 is 18.2 Å². The fourth-order valence-corrected chi connectivity index (χ4v) is 4.97. The highest BCUT2D eigenvalue weighted by atomic mass is 32.7. The van der Waals surface area contributed by atoms with E-state index in [9.17, 15) is 4.57 Å². The smallest absolute Gasteiger partial charge is 0.298 e. The first-order valence-corrected chi connectivity index (χ1v) is 7.95. The van der Waals surface area contributed by atoms with E-state index in [1.165, 1.54) is 11.4 Å². The minimum Gasteiger partial charge on any atom is -0.298 e. The van der Waals surface area contributed by atoms with Crippen LogP contribution in [-0.2, 0) is 13.6 Å². The van der Waals surface area contributed by atoms with E-state index in [1.54, 1.807) is 0 Å². The lowest BCUT2D eigenvalue weighted by molar-refractivity contribution is 0.0926. The molecule has 1 atom stereocenters. The molecular weight excluding hydrogens is 219 g/mol. The van der Waals surface area contributed by atoms with Crippen LogP contribution in [0.15, 0.2) is 0 Å². The van der Waals surface area contributed by atoms with Crippen molar-refractivity contribution in [3.8, 4) is 0 Å². The molecule has 0 aromatic carbocycles. The third-order valence-corrected chi connectivity index (χ3v) is 5.24. The van der Waals surface area contributed by atoms with Crippen LogP contribution in [0, 0.1) is 0 Å². The van der Waals surface area contributed by atoms with E-state index in [1.807, 2.05) is 41.5 Å². The number of hydrogen-bond donors (Lipinski definition) is 0. The molecule has 5 heteroatoms. The molecule has 0 aliphatic carbocycles. The molecule has 0 aliphatic rings. The van der Waals surface area contributed by atoms with E-state index < -0.39 is 12.4 Å². The highest BCUT2D eigenvalue weighted by Crippen LogP contribution is 2.63. The lowest BCUT2D eigenvalue weighted by Gasteiger charge is -2.27. The SMILES string of the molecule is CCSP(=O)(OC(C)C)OC(C)(C)C. The Morgan fingerprint density at radius 1 is 1.36 bits per heavy atom. The van der Waals surface area contributed by atoms with Gasteiger partial charge in [-0.25, -0.2) is 4.57 Å². The second-order valence-corrected chi connectivity index (χ2v) is 8.46. The molecule has 0 saturated carbocycles. The number of hydrogen-bond acceptors (Lipinski definition) is 4. The molecule has 0 bridgehead atoms. The van der Waals surface area contributed by atoms with Gasteiger partial charge in [-0.2, -0.15) is 0 Å². The van der Waals surface area contributed by atoms with E-state index in [2.05, 4.69) is 0 Å². The van der Waals surface area contributed by atoms with Gasteiger partial charge in [-0.1, -0.05) is 6.92 Å². The molecule has 0 heterocycles. The summed E-state index contributed by atoms with van der Waals surface area (Å²) in [5, 5.41) is 0. The Morgan fingerprint density at radius 3 is 2.14 bits per heavy atom. The van der Waals surface area contributed by atoms with Gasteiger partial charge in [0.2, 0.25) is 0 Å². The van der Waals surface area contributed by atoms with Gasteiger partial charge in [0.15, 0.2) is 0 Å². The van der Waals surface area contributed by atoms with Crippen LogP contribution in [0.25, 0.3) is 0 Å². The summed E-state index contributed by atoms with van der Waals surface area (Å²) in [6.45, 7) is 8.29. The minimum atomic E-state index is -2.98. The maximum Gasteiger partial charge on any atom is 0.389 e. The summed E-state index contributed by atoms with van der Waals surface area (Å²) in [5.41, 5.74) is -0.438. The van der Waals surface area contributed by atoms with Gasteiger partial charge in [-0.3, -0.25) is 9.05 Å². The molecule has 1 unspecified atom stereocenters. The summed E-state index contributed by atoms with van der Waals surface area (Å²) in [6, 6.07) is 0. The zero-order valence-corrected chi connectivity index (χ0v) is 11.6. The first-order valence-electron chi connectivity index (χ1n) is 4.82. The van der Waals surface area contributed by atoms with Crippen LogP contribution in [0.4, 0.5) is 0 Å². The molecule has 86 valence electrons. The third-order valence-electron chi connectivity index (χ3n) is 1.01. The van der Waals surface area contributed by atoms with Crippen LogP contribution in [0.5, 0.6) is 0 Å². The van der Waals surface area contributed by atoms with Crippen molar-refractivity contribution in [3.05, 3.63) is 0 Å². The van der Waals surface area contributed by atoms with Crippen molar-refractivity contribution in [2.75, 3.05) is 5.75 Å². The van der Waals surface area contributed by atoms with Crippen LogP contribution < -0.4 is 0 Å². The normalized spacial score (nSPS) is 17.1. The van der Waals surface area contributed by atoms with Gasteiger partial charge in [-0.15, -0.1) is 0 Å². The van der Waals surface area contributed by atoms with Crippen molar-refractivity contribution in [2.45, 2.75) is 53.2 Å². The van der Waals surface area contributed by atoms with Gasteiger partial charge >= 0.3 is 6.80 Å². The zero-order valence-electron chi connectivity index (χ0n) is 9.86. The van der Waals surface area contributed by atoms with Crippen molar-refractivity contribution >= 4 is 18.2 Å². The zero-order chi connectivity index (χ0) is 11.4. The van der Waals surface area contributed by atoms with Crippen LogP contribution in [0.1, 0.15) is 41.5 Å². The Morgan fingerprint density at radius 2 is 1.86 bits per heavy atom. The second kappa shape index (κ2) is 5.55. The predicted molar refractivity (Wildman–Crippen MR) is 62.8 cm³/mol. The van der Waals surface area contributed by atoms with Crippen molar-refractivity contribution in [1.29, 1.82) is 0 Å². The molecule has 0 aliphatic heterocycles. The maximum atomic E-state index is 12.2. The topological polar surface area (TPSA) is 35.5 Å². The number of rotatable bonds is 5. The molecule has 0 N–H and O–H groups in total. The molecule has 0 rings (SSSR count). The first-order chi connectivity index (χ1) is 6.18. The van der Waals surface area contributed by atoms with Gasteiger partial charge in [0.05, 0.1) is 11.7 Å². The van der Waals surface area contributed by atoms with Gasteiger partial charge < -0.3 is 0 Å². The van der Waals surface area contributed by atoms with Crippen LogP contribution in [-0.4, -0.2) is 17.5 Å². The molecule has 0 aromatic heterocycles. The van der Waals surface area contributed by atoms with Gasteiger partial charge in [0, 0.05) is 5.75 Å². The Hall–Kier alpha value is 0.500. The summed E-state index contributed by atoms with van der Waals surface area (Å²) in [6.07, 6.45) is -0.0813. The third kappa shape index (κ3) is 6.88. The summed E-state index contributed by atoms with van der Waals surface area (Å²) in [4.78, 5) is 0. The molecular formula is C9H21O3PS. The average molecular weight is 240 g/mol. The predicted octanol–water partition coefficient (Wildman–Crippen LogP) is 4.09. The highest BCUT2D eigenvalue weighted by Gasteiger charge is 2.31. The van der Waals surface area contributed by atoms with E-state index >= 15 is 0 Å². The highest BCUT2D eigenvalue weighted by molar-refractivity contribution is 8.55. The van der Waals surface area contributed by atoms with Gasteiger partial charge in [0.1, 0.15) is 0 Å². The molecule has 0 fully saturated rings. The second-order valence-electron chi connectivity index (χ2n) is 4.22. The summed E-state index contributed by atoms with van der Waals surface area (Å²) >= 11 is 1.25. The Labute approximate surface area is 91.2 Å². The lowest BCUT2D eigenvalue weighted by Crippen LogP contribution is -2.18. The van der Waals surface area contributed by atoms with Crippen LogP contribution in [0.2, 0.25) is 0 Å². The minimum absolute atomic E-state index is 0.0813. The average Bonchev–Trinajstić information content (AvgIpc) is 1.78. The van der Waals surface area contributed by atoms with E-state index in [4.69, 9.17) is 9.05 Å². The maximum absolute atomic E-state index is 12.2. The molecule has 0 aromatic rings. The monoisotopic (exact) mass is 240 g/mol. The lowest BCUT2D eigenvalue weighted by atomic mass is 10.2. The molecule has 0 radical (unpaired) electrons. The first kappa shape index (κ1) is 14.5. The van der Waals surface area contributed by atoms with E-state index in [0.717, 1.165) is 5.75 Å². The van der Waals surface area contributed by atoms with E-state index in [0.29, 0.717) is 0 Å². The fraction of sp³-hybridized carbons (Fsp3) is 1.00. The largest absolute Gasteiger partial charge is 0.389 e. The van der Waals surface area contributed by atoms with Gasteiger partial charge in [-0.05, 0) is 46.0 Å². The standard InChI is InChI=1S/C9H21O3PS/c1-7-14-13(10,11-8(2)3)12-9(4,5)6/h8H,7H2,1-6H3. The molecule has 0 amide bonds. The Kier molecular flexibility index (Phi) is 5.75. The van der Waals surface area contributed by atoms with Gasteiger partial charge in [0.25, 0.3) is 0 Å². The Bertz CT molecular complexity index is 211. The summed E-state index contributed by atoms with van der Waals surface area (Å²) < 4.78 is 23.0. The van der Waals surface area contributed by atoms with Crippen molar-refractivity contribution in [3.63, 3.8) is 0 Å². The summed E-state index contributed by atoms with van der Waals surface area (Å²) in [5.74, 6) is 0.722. The Balaban J connectivity index is 4.48. The molecule has 3 nitrogen and oxygen atoms in total. The van der Waals surface area contributed by atoms with Crippen molar-refractivity contribution in [2.24, 2.45) is 0 Å². The van der Waals surface area contributed by atoms with Crippen LogP contribution in [0.3, 0.4) is 0 Å². The van der Waals surface area contributed by atoms with Crippen molar-refractivity contribution in [1.82, 2.24) is 0 Å². The summed E-state index contributed by atoms with van der Waals surface area (Å²) in [7, 11) is 0.